The van der Waals surface area contributed by atoms with Gasteiger partial charge in [-0.05, 0) is 18.3 Å². The molecule has 1 N–H and O–H groups in total. The topological polar surface area (TPSA) is 37.3 Å². The van der Waals surface area contributed by atoms with Crippen molar-refractivity contribution in [2.45, 2.75) is 45.4 Å². The van der Waals surface area contributed by atoms with Crippen LogP contribution in [0.2, 0.25) is 0 Å². The van der Waals surface area contributed by atoms with Crippen LogP contribution in [0.5, 0.6) is 0 Å². The van der Waals surface area contributed by atoms with E-state index in [2.05, 4.69) is 6.92 Å². The van der Waals surface area contributed by atoms with Crippen molar-refractivity contribution >= 4 is 5.97 Å². The lowest BCUT2D eigenvalue weighted by atomic mass is 9.73. The molecule has 0 aromatic rings. The number of carboxylic acids is 1. The van der Waals surface area contributed by atoms with E-state index in [1.165, 1.54) is 19.3 Å². The Bertz CT molecular complexity index is 150. The van der Waals surface area contributed by atoms with Gasteiger partial charge in [0.05, 0.1) is 0 Å². The van der Waals surface area contributed by atoms with Crippen LogP contribution in [0.1, 0.15) is 45.4 Å². The van der Waals surface area contributed by atoms with Gasteiger partial charge in [0.1, 0.15) is 0 Å². The van der Waals surface area contributed by atoms with Crippen LogP contribution in [-0.2, 0) is 4.79 Å². The van der Waals surface area contributed by atoms with Crippen LogP contribution < -0.4 is 0 Å². The monoisotopic (exact) mass is 170 g/mol. The first kappa shape index (κ1) is 9.56. The predicted molar refractivity (Wildman–Crippen MR) is 48.0 cm³/mol. The number of rotatable bonds is 5. The SMILES string of the molecule is CCC(CCC(=O)O)C1CCC1. The Balaban J connectivity index is 2.20. The molecular weight excluding hydrogens is 152 g/mol. The molecule has 1 rings (SSSR count). The fourth-order valence-corrected chi connectivity index (χ4v) is 1.99. The number of hydrogen-bond donors (Lipinski definition) is 1. The van der Waals surface area contributed by atoms with Gasteiger partial charge in [-0.3, -0.25) is 4.79 Å². The lowest BCUT2D eigenvalue weighted by molar-refractivity contribution is -0.137. The van der Waals surface area contributed by atoms with Crippen LogP contribution >= 0.6 is 0 Å². The van der Waals surface area contributed by atoms with Crippen molar-refractivity contribution in [1.82, 2.24) is 0 Å². The molecular formula is C10H18O2. The molecule has 0 bridgehead atoms. The van der Waals surface area contributed by atoms with Crippen LogP contribution in [0, 0.1) is 11.8 Å². The highest BCUT2D eigenvalue weighted by molar-refractivity contribution is 5.66. The van der Waals surface area contributed by atoms with Crippen LogP contribution in [0.3, 0.4) is 0 Å². The summed E-state index contributed by atoms with van der Waals surface area (Å²) >= 11 is 0. The first-order valence-corrected chi connectivity index (χ1v) is 4.95. The normalized spacial score (nSPS) is 20.1. The number of hydrogen-bond acceptors (Lipinski definition) is 1. The summed E-state index contributed by atoms with van der Waals surface area (Å²) in [7, 11) is 0. The van der Waals surface area contributed by atoms with Crippen molar-refractivity contribution < 1.29 is 9.90 Å². The van der Waals surface area contributed by atoms with Gasteiger partial charge >= 0.3 is 5.97 Å². The van der Waals surface area contributed by atoms with Gasteiger partial charge in [0.25, 0.3) is 0 Å². The molecule has 70 valence electrons. The third kappa shape index (κ3) is 2.50. The van der Waals surface area contributed by atoms with E-state index >= 15 is 0 Å². The van der Waals surface area contributed by atoms with E-state index in [-0.39, 0.29) is 0 Å². The quantitative estimate of drug-likeness (QED) is 0.688. The lowest BCUT2D eigenvalue weighted by Gasteiger charge is -2.33. The molecule has 2 nitrogen and oxygen atoms in total. The average molecular weight is 170 g/mol. The van der Waals surface area contributed by atoms with E-state index in [0.717, 1.165) is 18.8 Å². The Labute approximate surface area is 74.0 Å². The molecule has 2 heteroatoms. The summed E-state index contributed by atoms with van der Waals surface area (Å²) in [6.45, 7) is 2.17. The molecule has 1 saturated carbocycles. The zero-order chi connectivity index (χ0) is 8.97. The summed E-state index contributed by atoms with van der Waals surface area (Å²) in [5.74, 6) is 0.872. The molecule has 1 fully saturated rings. The first-order chi connectivity index (χ1) is 5.74. The summed E-state index contributed by atoms with van der Waals surface area (Å²) < 4.78 is 0. The van der Waals surface area contributed by atoms with Crippen LogP contribution in [-0.4, -0.2) is 11.1 Å². The molecule has 0 aromatic carbocycles. The minimum atomic E-state index is -0.646. The molecule has 0 heterocycles. The molecule has 0 amide bonds. The molecule has 1 unspecified atom stereocenters. The zero-order valence-electron chi connectivity index (χ0n) is 7.75. The molecule has 0 aromatic heterocycles. The van der Waals surface area contributed by atoms with Crippen LogP contribution in [0.15, 0.2) is 0 Å². The molecule has 1 aliphatic carbocycles. The van der Waals surface area contributed by atoms with E-state index in [1.807, 2.05) is 0 Å². The van der Waals surface area contributed by atoms with E-state index in [4.69, 9.17) is 5.11 Å². The Morgan fingerprint density at radius 1 is 1.58 bits per heavy atom. The third-order valence-electron chi connectivity index (χ3n) is 3.07. The maximum absolute atomic E-state index is 10.3. The van der Waals surface area contributed by atoms with Gasteiger partial charge in [0, 0.05) is 6.42 Å². The fraction of sp³-hybridized carbons (Fsp3) is 0.900. The van der Waals surface area contributed by atoms with Gasteiger partial charge in [-0.25, -0.2) is 0 Å². The van der Waals surface area contributed by atoms with Gasteiger partial charge in [0.15, 0.2) is 0 Å². The van der Waals surface area contributed by atoms with Gasteiger partial charge in [-0.1, -0.05) is 32.6 Å². The summed E-state index contributed by atoms with van der Waals surface area (Å²) in [5.41, 5.74) is 0. The zero-order valence-corrected chi connectivity index (χ0v) is 7.75. The second kappa shape index (κ2) is 4.48. The number of carboxylic acid groups (broad SMARTS) is 1. The molecule has 0 spiro atoms. The minimum absolute atomic E-state index is 0.356. The second-order valence-corrected chi connectivity index (χ2v) is 3.79. The molecule has 1 aliphatic rings. The van der Waals surface area contributed by atoms with Gasteiger partial charge in [-0.2, -0.15) is 0 Å². The van der Waals surface area contributed by atoms with Crippen molar-refractivity contribution in [1.29, 1.82) is 0 Å². The Morgan fingerprint density at radius 3 is 2.58 bits per heavy atom. The summed E-state index contributed by atoms with van der Waals surface area (Å²) in [6.07, 6.45) is 6.41. The molecule has 0 saturated heterocycles. The largest absolute Gasteiger partial charge is 0.481 e. The van der Waals surface area contributed by atoms with Crippen LogP contribution in [0.4, 0.5) is 0 Å². The fourth-order valence-electron chi connectivity index (χ4n) is 1.99. The Hall–Kier alpha value is -0.530. The second-order valence-electron chi connectivity index (χ2n) is 3.79. The summed E-state index contributed by atoms with van der Waals surface area (Å²) in [5, 5.41) is 8.53. The highest BCUT2D eigenvalue weighted by Crippen LogP contribution is 2.37. The highest BCUT2D eigenvalue weighted by Gasteiger charge is 2.25. The first-order valence-electron chi connectivity index (χ1n) is 4.95. The molecule has 1 atom stereocenters. The highest BCUT2D eigenvalue weighted by atomic mass is 16.4. The lowest BCUT2D eigenvalue weighted by Crippen LogP contribution is -2.22. The Morgan fingerprint density at radius 2 is 2.25 bits per heavy atom. The van der Waals surface area contributed by atoms with Crippen molar-refractivity contribution in [2.24, 2.45) is 11.8 Å². The summed E-state index contributed by atoms with van der Waals surface area (Å²) in [6, 6.07) is 0. The smallest absolute Gasteiger partial charge is 0.303 e. The number of carbonyl (C=O) groups is 1. The van der Waals surface area contributed by atoms with Crippen LogP contribution in [0.25, 0.3) is 0 Å². The van der Waals surface area contributed by atoms with E-state index in [0.29, 0.717) is 12.3 Å². The van der Waals surface area contributed by atoms with Gasteiger partial charge in [-0.15, -0.1) is 0 Å². The van der Waals surface area contributed by atoms with Gasteiger partial charge in [0.2, 0.25) is 0 Å². The maximum Gasteiger partial charge on any atom is 0.303 e. The van der Waals surface area contributed by atoms with E-state index in [9.17, 15) is 4.79 Å². The van der Waals surface area contributed by atoms with Crippen molar-refractivity contribution in [3.05, 3.63) is 0 Å². The summed E-state index contributed by atoms with van der Waals surface area (Å²) in [4.78, 5) is 10.3. The van der Waals surface area contributed by atoms with Gasteiger partial charge < -0.3 is 5.11 Å². The Kier molecular flexibility index (Phi) is 3.57. The standard InChI is InChI=1S/C10H18O2/c1-2-8(6-7-10(11)12)9-4-3-5-9/h8-9H,2-7H2,1H3,(H,11,12). The average Bonchev–Trinajstić information content (AvgIpc) is 1.93. The molecule has 0 radical (unpaired) electrons. The van der Waals surface area contributed by atoms with Crippen molar-refractivity contribution in [3.8, 4) is 0 Å². The van der Waals surface area contributed by atoms with Crippen molar-refractivity contribution in [3.63, 3.8) is 0 Å². The third-order valence-corrected chi connectivity index (χ3v) is 3.07. The predicted octanol–water partition coefficient (Wildman–Crippen LogP) is 2.68. The van der Waals surface area contributed by atoms with Crippen molar-refractivity contribution in [2.75, 3.05) is 0 Å². The molecule has 0 aliphatic heterocycles. The number of aliphatic carboxylic acids is 1. The van der Waals surface area contributed by atoms with E-state index < -0.39 is 5.97 Å². The van der Waals surface area contributed by atoms with E-state index in [1.54, 1.807) is 0 Å². The minimum Gasteiger partial charge on any atom is -0.481 e. The maximum atomic E-state index is 10.3. The molecule has 12 heavy (non-hydrogen) atoms.